The zero-order valence-electron chi connectivity index (χ0n) is 17.6. The number of aromatic nitrogens is 1. The van der Waals surface area contributed by atoms with Crippen molar-refractivity contribution in [2.75, 3.05) is 32.7 Å². The lowest BCUT2D eigenvalue weighted by Gasteiger charge is -2.10. The number of methoxy groups -OCH3 is 2. The molecule has 0 aliphatic heterocycles. The quantitative estimate of drug-likeness (QED) is 0.456. The molecule has 1 aromatic heterocycles. The highest BCUT2D eigenvalue weighted by Crippen LogP contribution is 2.29. The monoisotopic (exact) mass is 479 g/mol. The third kappa shape index (κ3) is 5.49. The van der Waals surface area contributed by atoms with Gasteiger partial charge in [-0.1, -0.05) is 6.07 Å². The summed E-state index contributed by atoms with van der Waals surface area (Å²) in [6, 6.07) is 8.77. The highest BCUT2D eigenvalue weighted by atomic mass is 32.2. The Morgan fingerprint density at radius 2 is 1.97 bits per heavy atom. The van der Waals surface area contributed by atoms with Gasteiger partial charge in [0.25, 0.3) is 5.91 Å². The summed E-state index contributed by atoms with van der Waals surface area (Å²) in [6.45, 7) is 2.04. The smallest absolute Gasteiger partial charge is 0.257 e. The van der Waals surface area contributed by atoms with Crippen molar-refractivity contribution >= 4 is 32.4 Å². The average Bonchev–Trinajstić information content (AvgIpc) is 3.22. The maximum absolute atomic E-state index is 14.0. The van der Waals surface area contributed by atoms with E-state index in [9.17, 15) is 17.6 Å². The van der Waals surface area contributed by atoms with E-state index in [4.69, 9.17) is 9.47 Å². The summed E-state index contributed by atoms with van der Waals surface area (Å²) in [4.78, 5) is 17.1. The minimum Gasteiger partial charge on any atom is -0.494 e. The maximum Gasteiger partial charge on any atom is 0.257 e. The van der Waals surface area contributed by atoms with Gasteiger partial charge in [-0.05, 0) is 42.8 Å². The van der Waals surface area contributed by atoms with Crippen LogP contribution in [0.15, 0.2) is 46.7 Å². The van der Waals surface area contributed by atoms with Crippen LogP contribution in [0.4, 0.5) is 9.52 Å². The first-order chi connectivity index (χ1) is 15.2. The first kappa shape index (κ1) is 23.8. The van der Waals surface area contributed by atoms with Crippen molar-refractivity contribution in [2.45, 2.75) is 11.8 Å². The molecule has 3 rings (SSSR count). The van der Waals surface area contributed by atoms with Gasteiger partial charge in [-0.2, -0.15) is 0 Å². The number of rotatable bonds is 9. The molecule has 0 atom stereocenters. The van der Waals surface area contributed by atoms with Gasteiger partial charge in [-0.15, -0.1) is 11.3 Å². The number of sulfonamides is 1. The van der Waals surface area contributed by atoms with Crippen LogP contribution < -0.4 is 14.8 Å². The Hall–Kier alpha value is -2.86. The van der Waals surface area contributed by atoms with Crippen LogP contribution in [0.25, 0.3) is 11.3 Å². The predicted octanol–water partition coefficient (Wildman–Crippen LogP) is 3.44. The van der Waals surface area contributed by atoms with E-state index < -0.39 is 21.7 Å². The van der Waals surface area contributed by atoms with Crippen LogP contribution in [0.2, 0.25) is 0 Å². The van der Waals surface area contributed by atoms with E-state index >= 15 is 0 Å². The van der Waals surface area contributed by atoms with E-state index in [0.717, 1.165) is 0 Å². The standard InChI is InChI=1S/C21H22FN3O5S2/c1-13-4-6-15(32(27,28)23-8-9-29-2)11-16(13)20(26)25-21-24-18(12-31-21)14-5-7-19(30-3)17(22)10-14/h4-7,10-12,23H,8-9H2,1-3H3,(H,24,25,26). The molecule has 1 amide bonds. The molecule has 0 fully saturated rings. The number of benzene rings is 2. The van der Waals surface area contributed by atoms with E-state index in [1.165, 1.54) is 49.8 Å². The Bertz CT molecular complexity index is 1230. The lowest BCUT2D eigenvalue weighted by Crippen LogP contribution is -2.27. The normalized spacial score (nSPS) is 11.4. The molecule has 8 nitrogen and oxygen atoms in total. The molecule has 0 bridgehead atoms. The van der Waals surface area contributed by atoms with E-state index in [1.807, 2.05) is 0 Å². The largest absolute Gasteiger partial charge is 0.494 e. The van der Waals surface area contributed by atoms with Crippen molar-refractivity contribution < 1.29 is 27.1 Å². The summed E-state index contributed by atoms with van der Waals surface area (Å²) in [5.74, 6) is -0.894. The third-order valence-electron chi connectivity index (χ3n) is 4.53. The van der Waals surface area contributed by atoms with Crippen molar-refractivity contribution in [3.63, 3.8) is 0 Å². The summed E-state index contributed by atoms with van der Waals surface area (Å²) in [7, 11) is -0.937. The number of nitrogens with zero attached hydrogens (tertiary/aromatic N) is 1. The van der Waals surface area contributed by atoms with Crippen LogP contribution in [0.3, 0.4) is 0 Å². The fourth-order valence-electron chi connectivity index (χ4n) is 2.83. The van der Waals surface area contributed by atoms with Gasteiger partial charge in [0.15, 0.2) is 16.7 Å². The van der Waals surface area contributed by atoms with Crippen molar-refractivity contribution in [1.82, 2.24) is 9.71 Å². The molecule has 11 heteroatoms. The summed E-state index contributed by atoms with van der Waals surface area (Å²) in [5, 5.41) is 4.66. The number of aryl methyl sites for hydroxylation is 1. The van der Waals surface area contributed by atoms with Crippen molar-refractivity contribution in [2.24, 2.45) is 0 Å². The zero-order valence-corrected chi connectivity index (χ0v) is 19.3. The van der Waals surface area contributed by atoms with Gasteiger partial charge in [-0.25, -0.2) is 22.5 Å². The molecule has 2 aromatic carbocycles. The summed E-state index contributed by atoms with van der Waals surface area (Å²) in [5.41, 5.74) is 1.83. The Balaban J connectivity index is 1.78. The molecular formula is C21H22FN3O5S2. The van der Waals surface area contributed by atoms with E-state index in [0.29, 0.717) is 22.0 Å². The average molecular weight is 480 g/mol. The predicted molar refractivity (Wildman–Crippen MR) is 120 cm³/mol. The number of carbonyl (C=O) groups is 1. The minimum absolute atomic E-state index is 0.0297. The number of carbonyl (C=O) groups excluding carboxylic acids is 1. The molecule has 32 heavy (non-hydrogen) atoms. The van der Waals surface area contributed by atoms with Gasteiger partial charge >= 0.3 is 0 Å². The number of hydrogen-bond acceptors (Lipinski definition) is 7. The van der Waals surface area contributed by atoms with E-state index in [-0.39, 0.29) is 29.4 Å². The van der Waals surface area contributed by atoms with Crippen LogP contribution in [-0.4, -0.2) is 46.7 Å². The third-order valence-corrected chi connectivity index (χ3v) is 6.75. The maximum atomic E-state index is 14.0. The Kier molecular flexibility index (Phi) is 7.56. The Labute approximate surface area is 189 Å². The SMILES string of the molecule is COCCNS(=O)(=O)c1ccc(C)c(C(=O)Nc2nc(-c3ccc(OC)c(F)c3)cs2)c1. The van der Waals surface area contributed by atoms with E-state index in [1.54, 1.807) is 24.4 Å². The van der Waals surface area contributed by atoms with Crippen LogP contribution in [0, 0.1) is 12.7 Å². The second-order valence-electron chi connectivity index (χ2n) is 6.71. The molecular weight excluding hydrogens is 457 g/mol. The minimum atomic E-state index is -3.79. The Morgan fingerprint density at radius 3 is 2.66 bits per heavy atom. The fourth-order valence-corrected chi connectivity index (χ4v) is 4.58. The van der Waals surface area contributed by atoms with Crippen LogP contribution in [0.5, 0.6) is 5.75 Å². The summed E-state index contributed by atoms with van der Waals surface area (Å²) < 4.78 is 51.0. The second kappa shape index (κ2) is 10.2. The molecule has 1 heterocycles. The summed E-state index contributed by atoms with van der Waals surface area (Å²) >= 11 is 1.17. The van der Waals surface area contributed by atoms with Crippen LogP contribution in [0.1, 0.15) is 15.9 Å². The first-order valence-corrected chi connectivity index (χ1v) is 11.8. The van der Waals surface area contributed by atoms with Gasteiger partial charge < -0.3 is 9.47 Å². The number of nitrogens with one attached hydrogen (secondary N) is 2. The molecule has 0 aliphatic rings. The molecule has 0 saturated heterocycles. The molecule has 0 radical (unpaired) electrons. The van der Waals surface area contributed by atoms with Gasteiger partial charge in [-0.3, -0.25) is 10.1 Å². The number of hydrogen-bond donors (Lipinski definition) is 2. The van der Waals surface area contributed by atoms with Crippen LogP contribution >= 0.6 is 11.3 Å². The second-order valence-corrected chi connectivity index (χ2v) is 9.33. The number of anilines is 1. The molecule has 0 aliphatic carbocycles. The highest BCUT2D eigenvalue weighted by Gasteiger charge is 2.19. The molecule has 0 unspecified atom stereocenters. The van der Waals surface area contributed by atoms with Crippen molar-refractivity contribution in [3.05, 3.63) is 58.7 Å². The molecule has 170 valence electrons. The van der Waals surface area contributed by atoms with Crippen molar-refractivity contribution in [3.8, 4) is 17.0 Å². The van der Waals surface area contributed by atoms with Gasteiger partial charge in [0.1, 0.15) is 0 Å². The highest BCUT2D eigenvalue weighted by molar-refractivity contribution is 7.89. The Morgan fingerprint density at radius 1 is 1.19 bits per heavy atom. The molecule has 0 spiro atoms. The zero-order chi connectivity index (χ0) is 23.3. The van der Waals surface area contributed by atoms with Gasteiger partial charge in [0, 0.05) is 30.2 Å². The fraction of sp³-hybridized carbons (Fsp3) is 0.238. The topological polar surface area (TPSA) is 107 Å². The number of amides is 1. The first-order valence-electron chi connectivity index (χ1n) is 9.45. The van der Waals surface area contributed by atoms with Crippen LogP contribution in [-0.2, 0) is 14.8 Å². The van der Waals surface area contributed by atoms with Crippen molar-refractivity contribution in [1.29, 1.82) is 0 Å². The van der Waals surface area contributed by atoms with E-state index in [2.05, 4.69) is 15.0 Å². The lowest BCUT2D eigenvalue weighted by molar-refractivity contribution is 0.102. The summed E-state index contributed by atoms with van der Waals surface area (Å²) in [6.07, 6.45) is 0. The van der Waals surface area contributed by atoms with Gasteiger partial charge in [0.2, 0.25) is 10.0 Å². The number of ether oxygens (including phenoxy) is 2. The lowest BCUT2D eigenvalue weighted by atomic mass is 10.1. The number of thiazole rings is 1. The molecule has 3 aromatic rings. The van der Waals surface area contributed by atoms with Gasteiger partial charge in [0.05, 0.1) is 24.3 Å². The number of halogens is 1. The molecule has 0 saturated carbocycles. The molecule has 2 N–H and O–H groups in total.